The number of rotatable bonds is 2. The van der Waals surface area contributed by atoms with Crippen LogP contribution in [-0.4, -0.2) is 0 Å². The maximum Gasteiger partial charge on any atom is 0.0496 e. The van der Waals surface area contributed by atoms with E-state index in [2.05, 4.69) is 109 Å². The second-order valence-corrected chi connectivity index (χ2v) is 9.05. The molecule has 0 amide bonds. The number of fused-ring (bicyclic) bond motifs is 5. The molecule has 6 rings (SSSR count). The van der Waals surface area contributed by atoms with Crippen LogP contribution in [-0.2, 0) is 6.42 Å². The molecule has 1 aliphatic heterocycles. The first kappa shape index (κ1) is 19.1. The molecule has 156 valence electrons. The predicted octanol–water partition coefficient (Wildman–Crippen LogP) is 8.14. The van der Waals surface area contributed by atoms with Gasteiger partial charge in [0, 0.05) is 23.0 Å². The van der Waals surface area contributed by atoms with Crippen molar-refractivity contribution in [3.63, 3.8) is 0 Å². The Morgan fingerprint density at radius 3 is 2.44 bits per heavy atom. The number of allylic oxidation sites excluding steroid dienone is 1. The Morgan fingerprint density at radius 1 is 0.781 bits per heavy atom. The van der Waals surface area contributed by atoms with E-state index in [1.54, 1.807) is 0 Å². The first-order valence-corrected chi connectivity index (χ1v) is 11.6. The molecule has 4 aromatic carbocycles. The van der Waals surface area contributed by atoms with Crippen LogP contribution in [0.3, 0.4) is 0 Å². The van der Waals surface area contributed by atoms with E-state index >= 15 is 0 Å². The summed E-state index contributed by atoms with van der Waals surface area (Å²) in [7, 11) is 0. The molecular formula is C31H27N. The molecule has 0 bridgehead atoms. The first-order valence-electron chi connectivity index (χ1n) is 11.6. The fraction of sp³-hybridized carbons (Fsp3) is 0.161. The molecular weight excluding hydrogens is 386 g/mol. The largest absolute Gasteiger partial charge is 0.315 e. The number of aryl methyl sites for hydroxylation is 1. The van der Waals surface area contributed by atoms with Crippen LogP contribution in [0.5, 0.6) is 0 Å². The monoisotopic (exact) mass is 413 g/mol. The van der Waals surface area contributed by atoms with Gasteiger partial charge in [0.05, 0.1) is 0 Å². The van der Waals surface area contributed by atoms with Crippen LogP contribution in [0.2, 0.25) is 0 Å². The molecule has 1 unspecified atom stereocenters. The summed E-state index contributed by atoms with van der Waals surface area (Å²) in [6.07, 6.45) is 3.22. The number of anilines is 2. The van der Waals surface area contributed by atoms with E-state index in [0.29, 0.717) is 5.92 Å². The number of benzene rings is 4. The Hall–Kier alpha value is -3.58. The predicted molar refractivity (Wildman–Crippen MR) is 135 cm³/mol. The lowest BCUT2D eigenvalue weighted by Crippen LogP contribution is -2.16. The highest BCUT2D eigenvalue weighted by Crippen LogP contribution is 2.53. The Labute approximate surface area is 190 Å². The minimum Gasteiger partial charge on any atom is -0.315 e. The van der Waals surface area contributed by atoms with Gasteiger partial charge in [-0.15, -0.1) is 0 Å². The third-order valence-electron chi connectivity index (χ3n) is 7.01. The Morgan fingerprint density at radius 2 is 1.59 bits per heavy atom. The molecule has 0 saturated heterocycles. The molecule has 1 nitrogen and oxygen atoms in total. The molecule has 0 aromatic heterocycles. The highest BCUT2D eigenvalue weighted by Gasteiger charge is 2.34. The van der Waals surface area contributed by atoms with Gasteiger partial charge in [0.2, 0.25) is 0 Å². The summed E-state index contributed by atoms with van der Waals surface area (Å²) in [5, 5.41) is 0. The molecule has 0 N–H and O–H groups in total. The number of nitrogens with zero attached hydrogens (tertiary/aromatic N) is 1. The van der Waals surface area contributed by atoms with Crippen molar-refractivity contribution in [2.45, 2.75) is 32.1 Å². The van der Waals surface area contributed by atoms with E-state index in [-0.39, 0.29) is 0 Å². The smallest absolute Gasteiger partial charge is 0.0496 e. The highest BCUT2D eigenvalue weighted by atomic mass is 15.2. The van der Waals surface area contributed by atoms with Gasteiger partial charge in [-0.3, -0.25) is 0 Å². The van der Waals surface area contributed by atoms with Crippen molar-refractivity contribution < 1.29 is 0 Å². The van der Waals surface area contributed by atoms with Crippen molar-refractivity contribution in [1.82, 2.24) is 0 Å². The van der Waals surface area contributed by atoms with Crippen molar-refractivity contribution in [1.29, 1.82) is 0 Å². The Kier molecular flexibility index (Phi) is 4.50. The lowest BCUT2D eigenvalue weighted by Gasteiger charge is -2.28. The fourth-order valence-corrected chi connectivity index (χ4v) is 5.66. The van der Waals surface area contributed by atoms with E-state index in [0.717, 1.165) is 19.3 Å². The Bertz CT molecular complexity index is 1330. The van der Waals surface area contributed by atoms with Crippen LogP contribution >= 0.6 is 0 Å². The average molecular weight is 414 g/mol. The second-order valence-electron chi connectivity index (χ2n) is 9.05. The zero-order chi connectivity index (χ0) is 21.7. The minimum atomic E-state index is 0.298. The molecule has 0 spiro atoms. The zero-order valence-electron chi connectivity index (χ0n) is 18.5. The van der Waals surface area contributed by atoms with E-state index in [1.165, 1.54) is 56.0 Å². The van der Waals surface area contributed by atoms with Crippen LogP contribution in [0.4, 0.5) is 11.4 Å². The SMILES string of the molecule is C=C1CCCc2c(ccc3c2-c2ccccc2C3c2ccccc2)N1c1cccc(C)c1. The molecule has 1 heterocycles. The summed E-state index contributed by atoms with van der Waals surface area (Å²) in [6.45, 7) is 6.65. The van der Waals surface area contributed by atoms with Gasteiger partial charge < -0.3 is 4.90 Å². The van der Waals surface area contributed by atoms with Gasteiger partial charge in [0.1, 0.15) is 0 Å². The van der Waals surface area contributed by atoms with Crippen LogP contribution in [0.15, 0.2) is 103 Å². The van der Waals surface area contributed by atoms with Gasteiger partial charge in [-0.25, -0.2) is 0 Å². The molecule has 1 aliphatic carbocycles. The summed E-state index contributed by atoms with van der Waals surface area (Å²) < 4.78 is 0. The van der Waals surface area contributed by atoms with Crippen molar-refractivity contribution in [2.24, 2.45) is 0 Å². The average Bonchev–Trinajstić information content (AvgIpc) is 3.05. The van der Waals surface area contributed by atoms with E-state index in [1.807, 2.05) is 0 Å². The summed E-state index contributed by atoms with van der Waals surface area (Å²) >= 11 is 0. The lowest BCUT2D eigenvalue weighted by molar-refractivity contribution is 0.827. The number of hydrogen-bond acceptors (Lipinski definition) is 1. The third-order valence-corrected chi connectivity index (χ3v) is 7.01. The molecule has 0 saturated carbocycles. The molecule has 0 fully saturated rings. The van der Waals surface area contributed by atoms with E-state index in [9.17, 15) is 0 Å². The molecule has 1 heteroatoms. The van der Waals surface area contributed by atoms with Crippen LogP contribution in [0.1, 0.15) is 46.6 Å². The molecule has 0 radical (unpaired) electrons. The highest BCUT2D eigenvalue weighted by molar-refractivity contribution is 5.89. The van der Waals surface area contributed by atoms with Crippen LogP contribution < -0.4 is 4.90 Å². The van der Waals surface area contributed by atoms with Crippen molar-refractivity contribution in [2.75, 3.05) is 4.90 Å². The van der Waals surface area contributed by atoms with Gasteiger partial charge in [0.15, 0.2) is 0 Å². The molecule has 1 atom stereocenters. The fourth-order valence-electron chi connectivity index (χ4n) is 5.66. The summed E-state index contributed by atoms with van der Waals surface area (Å²) in [6, 6.07) is 33.4. The maximum absolute atomic E-state index is 4.49. The minimum absolute atomic E-state index is 0.298. The van der Waals surface area contributed by atoms with Crippen molar-refractivity contribution >= 4 is 11.4 Å². The molecule has 4 aromatic rings. The standard InChI is InChI=1S/C31H27N/c1-21-10-8-14-24(20-21)32-22(2)11-9-17-27-29(32)19-18-28-30(23-12-4-3-5-13-23)25-15-6-7-16-26(25)31(27)28/h3-8,10,12-16,18-20,30H,2,9,11,17H2,1H3. The zero-order valence-corrected chi connectivity index (χ0v) is 18.5. The first-order chi connectivity index (χ1) is 15.7. The second kappa shape index (κ2) is 7.53. The van der Waals surface area contributed by atoms with Crippen LogP contribution in [0, 0.1) is 6.92 Å². The van der Waals surface area contributed by atoms with E-state index < -0.39 is 0 Å². The van der Waals surface area contributed by atoms with Crippen LogP contribution in [0.25, 0.3) is 11.1 Å². The lowest BCUT2D eigenvalue weighted by atomic mass is 9.88. The van der Waals surface area contributed by atoms with Gasteiger partial charge in [0.25, 0.3) is 0 Å². The Balaban J connectivity index is 1.61. The van der Waals surface area contributed by atoms with Crippen molar-refractivity contribution in [3.05, 3.63) is 131 Å². The summed E-state index contributed by atoms with van der Waals surface area (Å²) in [4.78, 5) is 2.40. The van der Waals surface area contributed by atoms with E-state index in [4.69, 9.17) is 0 Å². The summed E-state index contributed by atoms with van der Waals surface area (Å²) in [5.74, 6) is 0.298. The van der Waals surface area contributed by atoms with Gasteiger partial charge in [-0.05, 0) is 83.3 Å². The van der Waals surface area contributed by atoms with Crippen molar-refractivity contribution in [3.8, 4) is 11.1 Å². The van der Waals surface area contributed by atoms with Gasteiger partial charge in [-0.2, -0.15) is 0 Å². The quantitative estimate of drug-likeness (QED) is 0.282. The summed E-state index contributed by atoms with van der Waals surface area (Å²) in [5.41, 5.74) is 13.5. The third kappa shape index (κ3) is 2.92. The maximum atomic E-state index is 4.49. The van der Waals surface area contributed by atoms with Gasteiger partial charge in [-0.1, -0.05) is 79.4 Å². The molecule has 32 heavy (non-hydrogen) atoms. The topological polar surface area (TPSA) is 3.24 Å². The van der Waals surface area contributed by atoms with Gasteiger partial charge >= 0.3 is 0 Å². The normalized spacial score (nSPS) is 16.8. The number of hydrogen-bond donors (Lipinski definition) is 0. The molecule has 2 aliphatic rings.